The van der Waals surface area contributed by atoms with Crippen molar-refractivity contribution in [1.82, 2.24) is 4.92 Å². The van der Waals surface area contributed by atoms with E-state index in [2.05, 4.69) is 11.7 Å². The number of carbonyl (C=O) groups is 2. The van der Waals surface area contributed by atoms with Crippen LogP contribution in [0.3, 0.4) is 0 Å². The van der Waals surface area contributed by atoms with Gasteiger partial charge in [-0.25, -0.2) is 9.18 Å². The number of nitrogens with zero attached hydrogens (tertiary/aromatic N) is 2. The molecule has 4 aliphatic rings. The summed E-state index contributed by atoms with van der Waals surface area (Å²) in [4.78, 5) is 28.1. The minimum atomic E-state index is -1.65. The van der Waals surface area contributed by atoms with E-state index in [1.807, 2.05) is 27.7 Å². The number of rotatable bonds is 5. The van der Waals surface area contributed by atoms with E-state index in [1.54, 1.807) is 37.5 Å². The lowest BCUT2D eigenvalue weighted by Gasteiger charge is -2.62. The molecule has 0 aromatic heterocycles. The number of halogens is 1. The van der Waals surface area contributed by atoms with Gasteiger partial charge in [0.25, 0.3) is 0 Å². The highest BCUT2D eigenvalue weighted by atomic mass is 19.1. The number of carboxylic acid groups (broad SMARTS) is 1. The van der Waals surface area contributed by atoms with Crippen LogP contribution < -0.4 is 10.2 Å². The Morgan fingerprint density at radius 1 is 1.32 bits per heavy atom. The largest absolute Gasteiger partial charge is 0.478 e. The molecule has 1 unspecified atom stereocenters. The van der Waals surface area contributed by atoms with Crippen molar-refractivity contribution in [3.05, 3.63) is 36.4 Å². The Hall–Kier alpha value is -2.72. The molecule has 0 saturated heterocycles. The second kappa shape index (κ2) is 9.69. The molecule has 1 aromatic rings. The van der Waals surface area contributed by atoms with Crippen LogP contribution in [0.4, 0.5) is 4.39 Å². The number of aliphatic hydroxyl groups excluding tert-OH is 1. The Labute approximate surface area is 235 Å². The number of ketones is 1. The third-order valence-corrected chi connectivity index (χ3v) is 11.4. The Morgan fingerprint density at radius 2 is 2.02 bits per heavy atom. The SMILES string of the molecule is C=C[C@]1(C)C[C@@H](C(Oc2ccc3c(c2)B(O)N(C)N=C3)C(=O)O)[C@@]2(C)[C@H](C)CC[C@]3(C[C@H](F)C(=O)[C@H]32)[C@@H](C)[C@@H]1O. The van der Waals surface area contributed by atoms with Crippen LogP contribution >= 0.6 is 0 Å². The van der Waals surface area contributed by atoms with Crippen molar-refractivity contribution in [2.24, 2.45) is 45.0 Å². The lowest BCUT2D eigenvalue weighted by atomic mass is 9.41. The Kier molecular flexibility index (Phi) is 6.98. The zero-order valence-corrected chi connectivity index (χ0v) is 23.9. The fraction of sp³-hybridized carbons (Fsp3) is 0.633. The highest BCUT2D eigenvalue weighted by Crippen LogP contribution is 2.69. The van der Waals surface area contributed by atoms with Gasteiger partial charge in [-0.2, -0.15) is 5.10 Å². The second-order valence-electron chi connectivity index (χ2n) is 13.2. The van der Waals surface area contributed by atoms with Crippen molar-refractivity contribution in [3.63, 3.8) is 0 Å². The van der Waals surface area contributed by atoms with Crippen molar-refractivity contribution < 1.29 is 34.0 Å². The van der Waals surface area contributed by atoms with E-state index in [0.29, 0.717) is 23.9 Å². The monoisotopic (exact) mass is 554 g/mol. The Balaban J connectivity index is 1.66. The highest BCUT2D eigenvalue weighted by molar-refractivity contribution is 6.65. The van der Waals surface area contributed by atoms with Crippen LogP contribution in [0.1, 0.15) is 58.9 Å². The lowest BCUT2D eigenvalue weighted by Crippen LogP contribution is -2.63. The van der Waals surface area contributed by atoms with Gasteiger partial charge in [-0.15, -0.1) is 6.58 Å². The topological polar surface area (TPSA) is 120 Å². The molecule has 1 aromatic carbocycles. The van der Waals surface area contributed by atoms with Crippen LogP contribution in [0.25, 0.3) is 0 Å². The fourth-order valence-electron chi connectivity index (χ4n) is 8.70. The van der Waals surface area contributed by atoms with Gasteiger partial charge in [0, 0.05) is 24.3 Å². The van der Waals surface area contributed by atoms with E-state index >= 15 is 4.39 Å². The number of aliphatic carboxylic acids is 1. The van der Waals surface area contributed by atoms with Gasteiger partial charge in [-0.3, -0.25) is 4.79 Å². The number of hydrogen-bond donors (Lipinski definition) is 3. The molecule has 216 valence electrons. The van der Waals surface area contributed by atoms with E-state index in [0.717, 1.165) is 0 Å². The molecule has 8 nitrogen and oxygen atoms in total. The van der Waals surface area contributed by atoms with Crippen molar-refractivity contribution in [3.8, 4) is 5.75 Å². The van der Waals surface area contributed by atoms with Crippen molar-refractivity contribution in [1.29, 1.82) is 0 Å². The number of aliphatic hydroxyl groups is 1. The van der Waals surface area contributed by atoms with Crippen LogP contribution in [0.15, 0.2) is 36.0 Å². The molecular weight excluding hydrogens is 514 g/mol. The van der Waals surface area contributed by atoms with Gasteiger partial charge in [-0.05, 0) is 71.5 Å². The van der Waals surface area contributed by atoms with Crippen LogP contribution in [-0.4, -0.2) is 70.6 Å². The number of alkyl halides is 1. The molecular formula is C30H40BFN2O6. The third kappa shape index (κ3) is 3.96. The normalized spacial score (nSPS) is 41.5. The minimum absolute atomic E-state index is 0.0351. The summed E-state index contributed by atoms with van der Waals surface area (Å²) < 4.78 is 21.7. The van der Waals surface area contributed by atoms with Crippen molar-refractivity contribution >= 4 is 30.5 Å². The Morgan fingerprint density at radius 3 is 2.67 bits per heavy atom. The van der Waals surface area contributed by atoms with E-state index in [9.17, 15) is 24.8 Å². The van der Waals surface area contributed by atoms with Crippen LogP contribution in [-0.2, 0) is 9.59 Å². The molecule has 0 amide bonds. The number of hydrazone groups is 1. The average Bonchev–Trinajstić information content (AvgIpc) is 3.20. The molecule has 1 aliphatic heterocycles. The van der Waals surface area contributed by atoms with Gasteiger partial charge in [0.05, 0.1) is 12.3 Å². The summed E-state index contributed by atoms with van der Waals surface area (Å²) in [5, 5.41) is 37.2. The number of hydrogen-bond acceptors (Lipinski definition) is 7. The molecule has 3 fully saturated rings. The van der Waals surface area contributed by atoms with Crippen LogP contribution in [0, 0.1) is 39.9 Å². The van der Waals surface area contributed by atoms with Crippen LogP contribution in [0.5, 0.6) is 5.75 Å². The average molecular weight is 554 g/mol. The molecule has 40 heavy (non-hydrogen) atoms. The maximum Gasteiger partial charge on any atom is 0.466 e. The zero-order chi connectivity index (χ0) is 29.4. The predicted molar refractivity (Wildman–Crippen MR) is 150 cm³/mol. The highest BCUT2D eigenvalue weighted by Gasteiger charge is 2.71. The van der Waals surface area contributed by atoms with E-state index in [-0.39, 0.29) is 30.4 Å². The van der Waals surface area contributed by atoms with Gasteiger partial charge in [0.15, 0.2) is 18.1 Å². The van der Waals surface area contributed by atoms with Gasteiger partial charge in [-0.1, -0.05) is 39.8 Å². The number of ether oxygens (including phenoxy) is 1. The molecule has 10 atom stereocenters. The first-order chi connectivity index (χ1) is 18.7. The quantitative estimate of drug-likeness (QED) is 0.378. The number of benzene rings is 1. The van der Waals surface area contributed by atoms with Crippen LogP contribution in [0.2, 0.25) is 0 Å². The van der Waals surface area contributed by atoms with Crippen molar-refractivity contribution in [2.45, 2.75) is 71.8 Å². The summed E-state index contributed by atoms with van der Waals surface area (Å²) in [7, 11) is 0.603. The Bertz CT molecular complexity index is 1260. The summed E-state index contributed by atoms with van der Waals surface area (Å²) in [5.41, 5.74) is -1.39. The first kappa shape index (κ1) is 28.8. The molecule has 5 rings (SSSR count). The molecule has 0 radical (unpaired) electrons. The molecule has 2 bridgehead atoms. The second-order valence-corrected chi connectivity index (χ2v) is 13.2. The first-order valence-corrected chi connectivity index (χ1v) is 14.2. The summed E-state index contributed by atoms with van der Waals surface area (Å²) in [6, 6.07) is 4.96. The van der Waals surface area contributed by atoms with E-state index in [4.69, 9.17) is 4.74 Å². The molecule has 3 aliphatic carbocycles. The van der Waals surface area contributed by atoms with Gasteiger partial charge in [0.1, 0.15) is 5.75 Å². The van der Waals surface area contributed by atoms with Gasteiger partial charge >= 0.3 is 13.0 Å². The number of fused-ring (bicyclic) bond motifs is 1. The third-order valence-electron chi connectivity index (χ3n) is 11.4. The maximum atomic E-state index is 15.4. The summed E-state index contributed by atoms with van der Waals surface area (Å²) in [5.74, 6) is -3.42. The molecule has 1 heterocycles. The number of carbonyl (C=O) groups excluding carboxylic acids is 1. The summed E-state index contributed by atoms with van der Waals surface area (Å²) in [6.45, 7) is 11.7. The fourth-order valence-corrected chi connectivity index (χ4v) is 8.70. The van der Waals surface area contributed by atoms with Gasteiger partial charge < -0.3 is 24.9 Å². The molecule has 10 heteroatoms. The molecule has 3 saturated carbocycles. The number of Topliss-reactive ketones (excluding diaryl/α,β-unsaturated/α-hetero) is 1. The predicted octanol–water partition coefficient (Wildman–Crippen LogP) is 3.04. The lowest BCUT2D eigenvalue weighted by molar-refractivity contribution is -0.193. The summed E-state index contributed by atoms with van der Waals surface area (Å²) >= 11 is 0. The smallest absolute Gasteiger partial charge is 0.466 e. The molecule has 0 spiro atoms. The summed E-state index contributed by atoms with van der Waals surface area (Å²) in [6.07, 6.45) is 0.791. The zero-order valence-electron chi connectivity index (χ0n) is 23.9. The first-order valence-electron chi connectivity index (χ1n) is 14.2. The van der Waals surface area contributed by atoms with E-state index < -0.39 is 65.3 Å². The van der Waals surface area contributed by atoms with Gasteiger partial charge in [0.2, 0.25) is 0 Å². The van der Waals surface area contributed by atoms with Crippen molar-refractivity contribution in [2.75, 3.05) is 7.05 Å². The van der Waals surface area contributed by atoms with E-state index in [1.165, 1.54) is 4.92 Å². The molecule has 3 N–H and O–H groups in total. The maximum absolute atomic E-state index is 15.4. The standard InChI is InChI=1S/C30H40BFN2O6/c1-7-28(4)13-20(24(27(37)38)40-19-9-8-18-15-33-34(6)31(39)21(18)12-19)29(5)16(2)10-11-30(17(3)26(28)36)14-22(32)23(35)25(29)30/h7-9,12,15-17,20,22,24-26,36,39H,1,10-11,13-14H2,2-6H3,(H,37,38)/t16-,17+,20+,22+,24?,25+,26+,28-,29-,30+/m1/s1. The number of carboxylic acids is 1. The minimum Gasteiger partial charge on any atom is -0.478 e.